The van der Waals surface area contributed by atoms with Crippen LogP contribution in [0.25, 0.3) is 10.9 Å². The van der Waals surface area contributed by atoms with Gasteiger partial charge in [0.15, 0.2) is 0 Å². The van der Waals surface area contributed by atoms with Crippen molar-refractivity contribution in [1.29, 1.82) is 0 Å². The van der Waals surface area contributed by atoms with Gasteiger partial charge in [-0.05, 0) is 86.3 Å². The molecule has 83 heavy (non-hydrogen) atoms. The van der Waals surface area contributed by atoms with Crippen LogP contribution in [0.3, 0.4) is 0 Å². The number of amides is 10. The molecule has 454 valence electrons. The second kappa shape index (κ2) is 31.0. The first-order chi connectivity index (χ1) is 39.4. The molecule has 10 amide bonds. The van der Waals surface area contributed by atoms with Crippen LogP contribution in [-0.4, -0.2) is 210 Å². The zero-order valence-electron chi connectivity index (χ0n) is 46.5. The van der Waals surface area contributed by atoms with E-state index in [-0.39, 0.29) is 50.9 Å². The number of aliphatic hydroxyl groups is 3. The molecule has 1 aromatic heterocycles. The molecule has 2 fully saturated rings. The van der Waals surface area contributed by atoms with Crippen LogP contribution in [0.4, 0.5) is 0 Å². The van der Waals surface area contributed by atoms with Crippen molar-refractivity contribution in [2.75, 3.05) is 38.3 Å². The molecule has 0 spiro atoms. The molecule has 2 aliphatic rings. The Hall–Kier alpha value is -7.86. The van der Waals surface area contributed by atoms with Crippen molar-refractivity contribution in [2.24, 2.45) is 17.4 Å². The van der Waals surface area contributed by atoms with Crippen LogP contribution in [0, 0.1) is 5.92 Å². The average molecular weight is 1180 g/mol. The van der Waals surface area contributed by atoms with E-state index in [2.05, 4.69) is 42.2 Å². The van der Waals surface area contributed by atoms with E-state index in [9.17, 15) is 78.3 Å². The number of primary amides is 1. The average Bonchev–Trinajstić information content (AvgIpc) is 4.41. The highest BCUT2D eigenvalue weighted by Gasteiger charge is 2.45. The third-order valence-electron chi connectivity index (χ3n) is 14.3. The summed E-state index contributed by atoms with van der Waals surface area (Å²) in [5, 5.41) is 68.8. The first-order valence-electron chi connectivity index (χ1n) is 27.1. The second-order valence-corrected chi connectivity index (χ2v) is 21.8. The van der Waals surface area contributed by atoms with E-state index < -0.39 is 157 Å². The number of carbonyl (C=O) groups is 11. The lowest BCUT2D eigenvalue weighted by molar-refractivity contribution is -0.149. The molecule has 5 rings (SSSR count). The predicted octanol–water partition coefficient (Wildman–Crippen LogP) is -3.90. The Morgan fingerprint density at radius 1 is 0.675 bits per heavy atom. The van der Waals surface area contributed by atoms with Gasteiger partial charge in [0.2, 0.25) is 59.1 Å². The Bertz CT molecular complexity index is 2820. The van der Waals surface area contributed by atoms with Gasteiger partial charge in [0, 0.05) is 43.0 Å². The van der Waals surface area contributed by atoms with Crippen molar-refractivity contribution >= 4 is 87.7 Å². The fourth-order valence-corrected chi connectivity index (χ4v) is 10.2. The SMILES string of the molecule is CSCC[C@H](NC(=O)[C@@H](NC(=O)[C@H](Cc1ccc(O)cc1)NC(=O)[C@@H](NC(=O)[C@H](CO)NC(=O)[C@H](CO)NC(=O)[C@@H](N)CC(N)=O)C(C)C)[C@@H](C)O)C(=O)N1CCC[C@H]1C(=O)N1CCC[C@H]1C(=O)N[C@@H](Cc1c[nH]c2ccccc12)C(=O)O. The Morgan fingerprint density at radius 2 is 1.23 bits per heavy atom. The molecule has 0 aliphatic carbocycles. The number of carbonyl (C=O) groups excluding carboxylic acids is 10. The molecular weight excluding hydrogens is 1100 g/mol. The number of carboxylic acid groups (broad SMARTS) is 1. The topological polar surface area (TPSA) is 447 Å². The summed E-state index contributed by atoms with van der Waals surface area (Å²) in [5.74, 6) is -10.9. The van der Waals surface area contributed by atoms with Gasteiger partial charge in [-0.25, -0.2) is 4.79 Å². The van der Waals surface area contributed by atoms with Crippen molar-refractivity contribution in [3.63, 3.8) is 0 Å². The maximum Gasteiger partial charge on any atom is 0.326 e. The summed E-state index contributed by atoms with van der Waals surface area (Å²) in [5.41, 5.74) is 12.5. The number of aromatic amines is 1. The maximum atomic E-state index is 14.6. The molecule has 3 heterocycles. The van der Waals surface area contributed by atoms with E-state index in [1.807, 2.05) is 24.3 Å². The summed E-state index contributed by atoms with van der Waals surface area (Å²) in [7, 11) is 0. The third-order valence-corrected chi connectivity index (χ3v) is 14.9. The Kier molecular flexibility index (Phi) is 24.6. The number of benzene rings is 2. The van der Waals surface area contributed by atoms with Gasteiger partial charge in [-0.1, -0.05) is 44.2 Å². The largest absolute Gasteiger partial charge is 0.508 e. The number of aliphatic carboxylic acids is 1. The highest BCUT2D eigenvalue weighted by Crippen LogP contribution is 2.27. The van der Waals surface area contributed by atoms with Crippen molar-refractivity contribution in [2.45, 2.75) is 139 Å². The number of nitrogens with one attached hydrogen (secondary N) is 8. The number of phenols is 1. The number of aliphatic hydroxyl groups excluding tert-OH is 3. The second-order valence-electron chi connectivity index (χ2n) is 20.8. The lowest BCUT2D eigenvalue weighted by Gasteiger charge is -2.33. The Morgan fingerprint density at radius 3 is 1.83 bits per heavy atom. The van der Waals surface area contributed by atoms with Gasteiger partial charge in [-0.2, -0.15) is 11.8 Å². The molecule has 29 heteroatoms. The van der Waals surface area contributed by atoms with Crippen LogP contribution >= 0.6 is 11.8 Å². The number of hydrogen-bond donors (Lipinski definition) is 15. The van der Waals surface area contributed by atoms with Crippen LogP contribution in [0.15, 0.2) is 54.7 Å². The molecule has 28 nitrogen and oxygen atoms in total. The summed E-state index contributed by atoms with van der Waals surface area (Å²) in [4.78, 5) is 154. The van der Waals surface area contributed by atoms with Gasteiger partial charge in [-0.3, -0.25) is 47.9 Å². The summed E-state index contributed by atoms with van der Waals surface area (Å²) in [6, 6.07) is -1.63. The van der Waals surface area contributed by atoms with E-state index >= 15 is 0 Å². The summed E-state index contributed by atoms with van der Waals surface area (Å²) in [6.07, 6.45) is 2.25. The molecule has 2 saturated heterocycles. The smallest absolute Gasteiger partial charge is 0.326 e. The number of H-pyrrole nitrogens is 1. The number of fused-ring (bicyclic) bond motifs is 1. The first kappa shape index (κ1) is 65.9. The minimum atomic E-state index is -1.77. The van der Waals surface area contributed by atoms with Crippen molar-refractivity contribution < 1.29 is 78.3 Å². The van der Waals surface area contributed by atoms with E-state index in [4.69, 9.17) is 11.5 Å². The highest BCUT2D eigenvalue weighted by molar-refractivity contribution is 7.98. The van der Waals surface area contributed by atoms with E-state index in [1.165, 1.54) is 66.6 Å². The fraction of sp³-hybridized carbons (Fsp3) is 0.537. The van der Waals surface area contributed by atoms with Crippen LogP contribution in [0.1, 0.15) is 70.4 Å². The molecule has 2 aromatic carbocycles. The molecule has 11 atom stereocenters. The lowest BCUT2D eigenvalue weighted by atomic mass is 10.00. The summed E-state index contributed by atoms with van der Waals surface area (Å²) in [6.45, 7) is 2.48. The van der Waals surface area contributed by atoms with Crippen LogP contribution < -0.4 is 48.7 Å². The third kappa shape index (κ3) is 18.1. The van der Waals surface area contributed by atoms with Crippen molar-refractivity contribution in [1.82, 2.24) is 52.0 Å². The number of likely N-dealkylation sites (tertiary alicyclic amines) is 2. The summed E-state index contributed by atoms with van der Waals surface area (Å²) >= 11 is 1.36. The molecule has 0 saturated carbocycles. The minimum Gasteiger partial charge on any atom is -0.508 e. The van der Waals surface area contributed by atoms with Gasteiger partial charge in [0.05, 0.1) is 31.8 Å². The lowest BCUT2D eigenvalue weighted by Crippen LogP contribution is -2.63. The first-order valence-corrected chi connectivity index (χ1v) is 28.5. The molecule has 2 aliphatic heterocycles. The quantitative estimate of drug-likeness (QED) is 0.0303. The zero-order valence-corrected chi connectivity index (χ0v) is 47.3. The van der Waals surface area contributed by atoms with E-state index in [1.54, 1.807) is 12.5 Å². The number of carboxylic acids is 1. The Labute approximate surface area is 482 Å². The number of aromatic nitrogens is 1. The normalized spacial score (nSPS) is 18.3. The van der Waals surface area contributed by atoms with E-state index in [0.717, 1.165) is 10.9 Å². The van der Waals surface area contributed by atoms with Crippen LogP contribution in [0.2, 0.25) is 0 Å². The van der Waals surface area contributed by atoms with Gasteiger partial charge in [-0.15, -0.1) is 0 Å². The van der Waals surface area contributed by atoms with Crippen LogP contribution in [-0.2, 0) is 65.6 Å². The van der Waals surface area contributed by atoms with Gasteiger partial charge < -0.3 is 89.0 Å². The standard InChI is InChI=1S/C54H76N12O16S/c1-27(2)43(63-48(75)39(26-68)62-47(74)38(25-67)61-45(72)33(55)23-42(56)71)50(77)59-36(21-29-13-15-31(70)16-14-29)46(73)64-44(28(3)69)51(78)58-35(17-20-83-4)52(79)66-19-8-12-41(66)53(80)65-18-7-11-40(65)49(76)60-37(54(81)82)22-30-24-57-34-10-6-5-9-32(30)34/h5-6,9-10,13-16,24,27-28,33,35-41,43-44,57,67-70H,7-8,11-12,17-23,25-26,55H2,1-4H3,(H2,56,71)(H,58,78)(H,59,77)(H,60,76)(H,61,72)(H,62,74)(H,63,75)(H,64,73)(H,81,82)/t28-,33+,35+,36+,37+,38+,39+,40+,41+,43+,44+/m1/s1. The number of nitrogens with zero attached hydrogens (tertiary/aromatic N) is 2. The van der Waals surface area contributed by atoms with Gasteiger partial charge in [0.1, 0.15) is 60.1 Å². The maximum absolute atomic E-state index is 14.6. The Balaban J connectivity index is 1.28. The fourth-order valence-electron chi connectivity index (χ4n) is 9.76. The van der Waals surface area contributed by atoms with Gasteiger partial charge in [0.25, 0.3) is 0 Å². The number of aromatic hydroxyl groups is 1. The van der Waals surface area contributed by atoms with Crippen molar-refractivity contribution in [3.8, 4) is 5.75 Å². The monoisotopic (exact) mass is 1180 g/mol. The number of nitrogens with two attached hydrogens (primary N) is 2. The predicted molar refractivity (Wildman–Crippen MR) is 300 cm³/mol. The molecule has 0 radical (unpaired) electrons. The molecular formula is C54H76N12O16S. The summed E-state index contributed by atoms with van der Waals surface area (Å²) < 4.78 is 0. The molecule has 3 aromatic rings. The minimum absolute atomic E-state index is 0.0313. The van der Waals surface area contributed by atoms with Gasteiger partial charge >= 0.3 is 5.97 Å². The molecule has 0 unspecified atom stereocenters. The molecule has 0 bridgehead atoms. The number of para-hydroxylation sites is 1. The zero-order chi connectivity index (χ0) is 61.2. The number of thioether (sulfide) groups is 1. The number of rotatable bonds is 30. The number of hydrogen-bond acceptors (Lipinski definition) is 17. The van der Waals surface area contributed by atoms with Crippen molar-refractivity contribution in [3.05, 3.63) is 65.9 Å². The molecule has 17 N–H and O–H groups in total. The van der Waals surface area contributed by atoms with Crippen LogP contribution in [0.5, 0.6) is 5.75 Å². The van der Waals surface area contributed by atoms with E-state index in [0.29, 0.717) is 29.7 Å². The number of phenolic OH excluding ortho intramolecular Hbond substituents is 1. The highest BCUT2D eigenvalue weighted by atomic mass is 32.2.